The Morgan fingerprint density at radius 1 is 0.893 bits per heavy atom. The number of hydrogen-bond donors (Lipinski definition) is 0. The summed E-state index contributed by atoms with van der Waals surface area (Å²) in [6, 6.07) is 9.13. The van der Waals surface area contributed by atoms with E-state index < -0.39 is 0 Å². The van der Waals surface area contributed by atoms with Crippen molar-refractivity contribution in [2.45, 2.75) is 52.4 Å². The average molecular weight is 380 g/mol. The molecule has 0 bridgehead atoms. The second-order valence-corrected chi connectivity index (χ2v) is 8.65. The zero-order valence-corrected chi connectivity index (χ0v) is 18.0. The quantitative estimate of drug-likeness (QED) is 0.695. The molecule has 1 saturated heterocycles. The lowest BCUT2D eigenvalue weighted by Crippen LogP contribution is -2.33. The Labute approximate surface area is 169 Å². The van der Waals surface area contributed by atoms with Gasteiger partial charge in [0.15, 0.2) is 11.5 Å². The van der Waals surface area contributed by atoms with Gasteiger partial charge in [-0.25, -0.2) is 0 Å². The van der Waals surface area contributed by atoms with Crippen LogP contribution in [-0.2, 0) is 6.42 Å². The summed E-state index contributed by atoms with van der Waals surface area (Å²) in [7, 11) is 3.47. The van der Waals surface area contributed by atoms with E-state index in [0.29, 0.717) is 11.8 Å². The fourth-order valence-corrected chi connectivity index (χ4v) is 5.65. The average Bonchev–Trinajstić information content (AvgIpc) is 2.88. The van der Waals surface area contributed by atoms with Crippen molar-refractivity contribution in [2.75, 3.05) is 32.2 Å². The minimum absolute atomic E-state index is 0.625. The lowest BCUT2D eigenvalue weighted by Gasteiger charge is -2.36. The van der Waals surface area contributed by atoms with Crippen LogP contribution in [0.1, 0.15) is 53.0 Å². The standard InChI is InChI=1S/C25H33NO2/c1-16-11-17(2)25(18(3)12-16)26-10-6-7-21-20(15-26)9-8-19-13-23(27-4)24(28-5)14-22(19)21/h11-14,20-21H,6-10,15H2,1-5H3/t20-,21+/m1/s1. The summed E-state index contributed by atoms with van der Waals surface area (Å²) in [6.45, 7) is 9.04. The predicted octanol–water partition coefficient (Wildman–Crippen LogP) is 5.58. The van der Waals surface area contributed by atoms with Crippen LogP contribution < -0.4 is 14.4 Å². The number of hydrogen-bond acceptors (Lipinski definition) is 3. The molecule has 0 amide bonds. The highest BCUT2D eigenvalue weighted by Gasteiger charge is 2.34. The molecule has 4 rings (SSSR count). The Bertz CT molecular complexity index is 850. The molecule has 0 unspecified atom stereocenters. The minimum atomic E-state index is 0.625. The highest BCUT2D eigenvalue weighted by Crippen LogP contribution is 2.46. The monoisotopic (exact) mass is 379 g/mol. The van der Waals surface area contributed by atoms with Crippen molar-refractivity contribution in [1.29, 1.82) is 0 Å². The number of benzene rings is 2. The van der Waals surface area contributed by atoms with Crippen LogP contribution in [0.5, 0.6) is 11.5 Å². The van der Waals surface area contributed by atoms with Crippen LogP contribution in [0.25, 0.3) is 0 Å². The van der Waals surface area contributed by atoms with Gasteiger partial charge in [-0.3, -0.25) is 0 Å². The normalized spacial score (nSPS) is 21.5. The summed E-state index contributed by atoms with van der Waals surface area (Å²) in [5.41, 5.74) is 8.60. The van der Waals surface area contributed by atoms with Gasteiger partial charge in [0.1, 0.15) is 0 Å². The molecular weight excluding hydrogens is 346 g/mol. The Morgan fingerprint density at radius 3 is 2.25 bits per heavy atom. The van der Waals surface area contributed by atoms with Gasteiger partial charge in [-0.2, -0.15) is 0 Å². The number of anilines is 1. The molecule has 1 aliphatic carbocycles. The molecule has 1 fully saturated rings. The number of fused-ring (bicyclic) bond motifs is 3. The summed E-state index contributed by atoms with van der Waals surface area (Å²) >= 11 is 0. The van der Waals surface area contributed by atoms with Crippen LogP contribution in [0.2, 0.25) is 0 Å². The molecule has 0 saturated carbocycles. The highest BCUT2D eigenvalue weighted by molar-refractivity contribution is 5.60. The van der Waals surface area contributed by atoms with Crippen molar-refractivity contribution in [3.8, 4) is 11.5 Å². The largest absolute Gasteiger partial charge is 0.493 e. The number of nitrogens with zero attached hydrogens (tertiary/aromatic N) is 1. The van der Waals surface area contributed by atoms with Crippen LogP contribution in [0, 0.1) is 26.7 Å². The first-order chi connectivity index (χ1) is 13.5. The second-order valence-electron chi connectivity index (χ2n) is 8.65. The van der Waals surface area contributed by atoms with E-state index in [-0.39, 0.29) is 0 Å². The Morgan fingerprint density at radius 2 is 1.57 bits per heavy atom. The van der Waals surface area contributed by atoms with E-state index in [1.54, 1.807) is 14.2 Å². The van der Waals surface area contributed by atoms with Crippen molar-refractivity contribution < 1.29 is 9.47 Å². The van der Waals surface area contributed by atoms with Crippen molar-refractivity contribution in [3.05, 3.63) is 52.1 Å². The summed E-state index contributed by atoms with van der Waals surface area (Å²) in [4.78, 5) is 2.67. The summed E-state index contributed by atoms with van der Waals surface area (Å²) < 4.78 is 11.2. The lowest BCUT2D eigenvalue weighted by molar-refractivity contribution is 0.344. The Kier molecular flexibility index (Phi) is 5.27. The maximum Gasteiger partial charge on any atom is 0.161 e. The first kappa shape index (κ1) is 19.2. The van der Waals surface area contributed by atoms with Gasteiger partial charge in [0.25, 0.3) is 0 Å². The van der Waals surface area contributed by atoms with E-state index in [9.17, 15) is 0 Å². The van der Waals surface area contributed by atoms with Gasteiger partial charge in [0.2, 0.25) is 0 Å². The number of ether oxygens (including phenoxy) is 2. The van der Waals surface area contributed by atoms with Crippen LogP contribution in [0.15, 0.2) is 24.3 Å². The van der Waals surface area contributed by atoms with Crippen molar-refractivity contribution in [1.82, 2.24) is 0 Å². The maximum absolute atomic E-state index is 5.61. The molecule has 3 heteroatoms. The lowest BCUT2D eigenvalue weighted by atomic mass is 9.73. The molecule has 2 aromatic carbocycles. The SMILES string of the molecule is COc1cc2c(cc1OC)[C@H]1CCCN(c3c(C)cc(C)cc3C)C[C@H]1CC2. The predicted molar refractivity (Wildman–Crippen MR) is 116 cm³/mol. The van der Waals surface area contributed by atoms with E-state index in [1.165, 1.54) is 52.8 Å². The topological polar surface area (TPSA) is 21.7 Å². The minimum Gasteiger partial charge on any atom is -0.493 e. The van der Waals surface area contributed by atoms with E-state index in [4.69, 9.17) is 9.47 Å². The second kappa shape index (κ2) is 7.69. The third-order valence-corrected chi connectivity index (χ3v) is 6.75. The molecule has 0 aromatic heterocycles. The fourth-order valence-electron chi connectivity index (χ4n) is 5.65. The van der Waals surface area contributed by atoms with Gasteiger partial charge in [-0.05, 0) is 92.7 Å². The van der Waals surface area contributed by atoms with Crippen LogP contribution in [-0.4, -0.2) is 27.3 Å². The number of aryl methyl sites for hydroxylation is 4. The molecule has 3 nitrogen and oxygen atoms in total. The smallest absolute Gasteiger partial charge is 0.161 e. The molecule has 1 heterocycles. The molecule has 0 radical (unpaired) electrons. The van der Waals surface area contributed by atoms with Gasteiger partial charge in [-0.15, -0.1) is 0 Å². The first-order valence-electron chi connectivity index (χ1n) is 10.6. The molecule has 150 valence electrons. The third-order valence-electron chi connectivity index (χ3n) is 6.75. The van der Waals surface area contributed by atoms with Crippen LogP contribution in [0.3, 0.4) is 0 Å². The maximum atomic E-state index is 5.61. The van der Waals surface area contributed by atoms with Gasteiger partial charge in [0.05, 0.1) is 14.2 Å². The number of methoxy groups -OCH3 is 2. The van der Waals surface area contributed by atoms with Gasteiger partial charge >= 0.3 is 0 Å². The number of rotatable bonds is 3. The van der Waals surface area contributed by atoms with Crippen molar-refractivity contribution in [3.63, 3.8) is 0 Å². The molecule has 2 aliphatic rings. The van der Waals surface area contributed by atoms with Crippen molar-refractivity contribution >= 4 is 5.69 Å². The third kappa shape index (κ3) is 3.36. The van der Waals surface area contributed by atoms with E-state index >= 15 is 0 Å². The van der Waals surface area contributed by atoms with Gasteiger partial charge < -0.3 is 14.4 Å². The van der Waals surface area contributed by atoms with Crippen molar-refractivity contribution in [2.24, 2.45) is 5.92 Å². The summed E-state index contributed by atoms with van der Waals surface area (Å²) in [5, 5.41) is 0. The zero-order valence-electron chi connectivity index (χ0n) is 18.0. The Balaban J connectivity index is 1.66. The van der Waals surface area contributed by atoms with Crippen LogP contribution in [0.4, 0.5) is 5.69 Å². The molecule has 0 N–H and O–H groups in total. The molecule has 28 heavy (non-hydrogen) atoms. The van der Waals surface area contributed by atoms with Gasteiger partial charge in [0, 0.05) is 18.8 Å². The Hall–Kier alpha value is -2.16. The zero-order chi connectivity index (χ0) is 19.8. The van der Waals surface area contributed by atoms with E-state index in [2.05, 4.69) is 49.9 Å². The first-order valence-corrected chi connectivity index (χ1v) is 10.6. The molecular formula is C25H33NO2. The van der Waals surface area contributed by atoms with E-state index in [0.717, 1.165) is 31.0 Å². The highest BCUT2D eigenvalue weighted by atomic mass is 16.5. The molecule has 0 spiro atoms. The summed E-state index contributed by atoms with van der Waals surface area (Å²) in [6.07, 6.45) is 4.89. The van der Waals surface area contributed by atoms with E-state index in [1.807, 2.05) is 0 Å². The van der Waals surface area contributed by atoms with Crippen LogP contribution >= 0.6 is 0 Å². The molecule has 2 atom stereocenters. The molecule has 2 aromatic rings. The molecule has 1 aliphatic heterocycles. The fraction of sp³-hybridized carbons (Fsp3) is 0.520. The summed E-state index contributed by atoms with van der Waals surface area (Å²) in [5.74, 6) is 3.06. The van der Waals surface area contributed by atoms with Gasteiger partial charge in [-0.1, -0.05) is 17.7 Å².